The van der Waals surface area contributed by atoms with Gasteiger partial charge in [-0.1, -0.05) is 12.1 Å². The van der Waals surface area contributed by atoms with E-state index in [2.05, 4.69) is 40.3 Å². The number of hydrogen-bond donors (Lipinski definition) is 1. The normalized spacial score (nSPS) is 18.6. The molecule has 0 radical (unpaired) electrons. The van der Waals surface area contributed by atoms with E-state index in [9.17, 15) is 4.79 Å². The van der Waals surface area contributed by atoms with Crippen LogP contribution in [0.25, 0.3) is 0 Å². The summed E-state index contributed by atoms with van der Waals surface area (Å²) >= 11 is 3.44. The zero-order valence-electron chi connectivity index (χ0n) is 12.0. The highest BCUT2D eigenvalue weighted by atomic mass is 32.1. The molecule has 0 aliphatic carbocycles. The fourth-order valence-electron chi connectivity index (χ4n) is 2.71. The van der Waals surface area contributed by atoms with Crippen LogP contribution in [0.3, 0.4) is 0 Å². The quantitative estimate of drug-likeness (QED) is 0.916. The van der Waals surface area contributed by atoms with Crippen molar-refractivity contribution in [2.45, 2.75) is 25.9 Å². The summed E-state index contributed by atoms with van der Waals surface area (Å²) < 4.78 is 0. The van der Waals surface area contributed by atoms with Gasteiger partial charge in [0.25, 0.3) is 0 Å². The Kier molecular flexibility index (Phi) is 5.06. The van der Waals surface area contributed by atoms with Crippen LogP contribution >= 0.6 is 22.7 Å². The average molecular weight is 320 g/mol. The summed E-state index contributed by atoms with van der Waals surface area (Å²) in [6.45, 7) is 3.32. The highest BCUT2D eigenvalue weighted by Gasteiger charge is 2.26. The molecule has 0 saturated carbocycles. The molecule has 5 heteroatoms. The largest absolute Gasteiger partial charge is 0.332 e. The Balaban J connectivity index is 1.72. The van der Waals surface area contributed by atoms with Gasteiger partial charge < -0.3 is 10.2 Å². The molecule has 21 heavy (non-hydrogen) atoms. The number of carbonyl (C=O) groups excluding carboxylic acids is 1. The molecule has 1 N–H and O–H groups in total. The Morgan fingerprint density at radius 1 is 1.19 bits per heavy atom. The molecule has 1 aliphatic heterocycles. The topological polar surface area (TPSA) is 32.3 Å². The molecule has 0 spiro atoms. The lowest BCUT2D eigenvalue weighted by atomic mass is 9.98. The van der Waals surface area contributed by atoms with Gasteiger partial charge >= 0.3 is 0 Å². The molecular formula is C16H20N2OS2. The summed E-state index contributed by atoms with van der Waals surface area (Å²) in [4.78, 5) is 17.4. The van der Waals surface area contributed by atoms with Gasteiger partial charge in [0.2, 0.25) is 5.91 Å². The highest BCUT2D eigenvalue weighted by molar-refractivity contribution is 7.10. The molecule has 1 amide bonds. The maximum absolute atomic E-state index is 12.8. The van der Waals surface area contributed by atoms with E-state index in [0.717, 1.165) is 39.0 Å². The van der Waals surface area contributed by atoms with Crippen LogP contribution in [0.5, 0.6) is 0 Å². The van der Waals surface area contributed by atoms with E-state index in [1.54, 1.807) is 22.7 Å². The van der Waals surface area contributed by atoms with Gasteiger partial charge in [-0.15, -0.1) is 22.7 Å². The van der Waals surface area contributed by atoms with E-state index in [-0.39, 0.29) is 5.92 Å². The van der Waals surface area contributed by atoms with Crippen LogP contribution in [0, 0.1) is 5.92 Å². The molecule has 112 valence electrons. The molecule has 3 nitrogen and oxygen atoms in total. The van der Waals surface area contributed by atoms with Crippen LogP contribution in [-0.4, -0.2) is 23.9 Å². The molecule has 2 aromatic heterocycles. The van der Waals surface area contributed by atoms with E-state index in [1.165, 1.54) is 9.75 Å². The van der Waals surface area contributed by atoms with Crippen LogP contribution in [0.1, 0.15) is 22.6 Å². The second-order valence-electron chi connectivity index (χ2n) is 5.40. The minimum atomic E-state index is 0.138. The summed E-state index contributed by atoms with van der Waals surface area (Å²) in [5.74, 6) is 0.433. The Labute approximate surface area is 133 Å². The van der Waals surface area contributed by atoms with Crippen molar-refractivity contribution < 1.29 is 4.79 Å². The van der Waals surface area contributed by atoms with Gasteiger partial charge in [-0.2, -0.15) is 0 Å². The van der Waals surface area contributed by atoms with E-state index in [4.69, 9.17) is 0 Å². The summed E-state index contributed by atoms with van der Waals surface area (Å²) in [5.41, 5.74) is 0. The molecule has 1 fully saturated rings. The lowest BCUT2D eigenvalue weighted by molar-refractivity contribution is -0.137. The second-order valence-corrected chi connectivity index (χ2v) is 7.46. The number of piperidine rings is 1. The molecule has 2 aromatic rings. The van der Waals surface area contributed by atoms with Crippen molar-refractivity contribution in [2.75, 3.05) is 13.1 Å². The predicted molar refractivity (Wildman–Crippen MR) is 88.5 cm³/mol. The second kappa shape index (κ2) is 7.20. The van der Waals surface area contributed by atoms with Crippen molar-refractivity contribution in [2.24, 2.45) is 5.92 Å². The van der Waals surface area contributed by atoms with Gasteiger partial charge in [0, 0.05) is 16.3 Å². The van der Waals surface area contributed by atoms with E-state index in [0.29, 0.717) is 5.91 Å². The first-order valence-corrected chi connectivity index (χ1v) is 9.13. The lowest BCUT2D eigenvalue weighted by Gasteiger charge is -2.29. The van der Waals surface area contributed by atoms with Crippen molar-refractivity contribution >= 4 is 28.6 Å². The van der Waals surface area contributed by atoms with Crippen molar-refractivity contribution in [3.05, 3.63) is 44.8 Å². The number of nitrogens with zero attached hydrogens (tertiary/aromatic N) is 1. The third kappa shape index (κ3) is 3.93. The molecule has 1 saturated heterocycles. The SMILES string of the molecule is O=C([C@H]1CCCNC1)N(Cc1cccs1)Cc1cccs1. The van der Waals surface area contributed by atoms with Crippen LogP contribution in [-0.2, 0) is 17.9 Å². The molecule has 3 heterocycles. The first kappa shape index (κ1) is 14.8. The smallest absolute Gasteiger partial charge is 0.227 e. The molecule has 0 aromatic carbocycles. The van der Waals surface area contributed by atoms with Crippen LogP contribution in [0.4, 0.5) is 0 Å². The van der Waals surface area contributed by atoms with Gasteiger partial charge in [0.1, 0.15) is 0 Å². The van der Waals surface area contributed by atoms with Crippen LogP contribution in [0.2, 0.25) is 0 Å². The van der Waals surface area contributed by atoms with Gasteiger partial charge in [0.05, 0.1) is 19.0 Å². The fraction of sp³-hybridized carbons (Fsp3) is 0.438. The third-order valence-electron chi connectivity index (χ3n) is 3.81. The summed E-state index contributed by atoms with van der Waals surface area (Å²) in [6, 6.07) is 8.32. The molecule has 0 bridgehead atoms. The minimum Gasteiger partial charge on any atom is -0.332 e. The summed E-state index contributed by atoms with van der Waals surface area (Å²) in [6.07, 6.45) is 2.11. The molecular weight excluding hydrogens is 300 g/mol. The number of carbonyl (C=O) groups is 1. The molecule has 1 aliphatic rings. The minimum absolute atomic E-state index is 0.138. The first-order valence-electron chi connectivity index (χ1n) is 7.37. The van der Waals surface area contributed by atoms with Gasteiger partial charge in [0.15, 0.2) is 0 Å². The van der Waals surface area contributed by atoms with Crippen LogP contribution < -0.4 is 5.32 Å². The zero-order chi connectivity index (χ0) is 14.5. The number of nitrogens with one attached hydrogen (secondary N) is 1. The van der Waals surface area contributed by atoms with E-state index < -0.39 is 0 Å². The fourth-order valence-corrected chi connectivity index (χ4v) is 4.15. The lowest BCUT2D eigenvalue weighted by Crippen LogP contribution is -2.42. The van der Waals surface area contributed by atoms with Crippen molar-refractivity contribution in [3.63, 3.8) is 0 Å². The van der Waals surface area contributed by atoms with Crippen LogP contribution in [0.15, 0.2) is 35.0 Å². The monoisotopic (exact) mass is 320 g/mol. The zero-order valence-corrected chi connectivity index (χ0v) is 13.6. The number of thiophene rings is 2. The molecule has 3 rings (SSSR count). The van der Waals surface area contributed by atoms with E-state index in [1.807, 2.05) is 4.90 Å². The van der Waals surface area contributed by atoms with Crippen molar-refractivity contribution in [1.29, 1.82) is 0 Å². The number of rotatable bonds is 5. The Morgan fingerprint density at radius 3 is 2.33 bits per heavy atom. The van der Waals surface area contributed by atoms with Gasteiger partial charge in [-0.05, 0) is 42.3 Å². The van der Waals surface area contributed by atoms with Gasteiger partial charge in [-0.25, -0.2) is 0 Å². The maximum atomic E-state index is 12.8. The van der Waals surface area contributed by atoms with Crippen molar-refractivity contribution in [1.82, 2.24) is 10.2 Å². The first-order chi connectivity index (χ1) is 10.3. The summed E-state index contributed by atoms with van der Waals surface area (Å²) in [7, 11) is 0. The van der Waals surface area contributed by atoms with E-state index >= 15 is 0 Å². The Bertz CT molecular complexity index is 509. The maximum Gasteiger partial charge on any atom is 0.227 e. The highest BCUT2D eigenvalue weighted by Crippen LogP contribution is 2.21. The average Bonchev–Trinajstić information content (AvgIpc) is 3.20. The van der Waals surface area contributed by atoms with Gasteiger partial charge in [-0.3, -0.25) is 4.79 Å². The Hall–Kier alpha value is -1.17. The van der Waals surface area contributed by atoms with Crippen molar-refractivity contribution in [3.8, 4) is 0 Å². The Morgan fingerprint density at radius 2 is 1.86 bits per heavy atom. The predicted octanol–water partition coefficient (Wildman–Crippen LogP) is 3.34. The number of hydrogen-bond acceptors (Lipinski definition) is 4. The summed E-state index contributed by atoms with van der Waals surface area (Å²) in [5, 5.41) is 7.50. The molecule has 1 atom stereocenters. The molecule has 0 unspecified atom stereocenters. The number of amides is 1. The third-order valence-corrected chi connectivity index (χ3v) is 5.53. The standard InChI is InChI=1S/C16H20N2OS2/c19-16(13-4-1-7-17-10-13)18(11-14-5-2-8-20-14)12-15-6-3-9-21-15/h2-3,5-6,8-9,13,17H,1,4,7,10-12H2/t13-/m0/s1.